The maximum atomic E-state index is 13.6. The molecule has 0 amide bonds. The molecule has 0 aliphatic rings. The normalized spacial score (nSPS) is 11.3. The van der Waals surface area contributed by atoms with Crippen LogP contribution in [-0.4, -0.2) is 19.5 Å². The average Bonchev–Trinajstić information content (AvgIpc) is 2.82. The van der Waals surface area contributed by atoms with E-state index in [9.17, 15) is 18.0 Å². The number of benzene rings is 1. The van der Waals surface area contributed by atoms with Crippen LogP contribution in [0.25, 0.3) is 22.4 Å². The summed E-state index contributed by atoms with van der Waals surface area (Å²) in [6.07, 6.45) is -1.13. The summed E-state index contributed by atoms with van der Waals surface area (Å²) in [4.78, 5) is 24.5. The van der Waals surface area contributed by atoms with E-state index >= 15 is 0 Å². The van der Waals surface area contributed by atoms with Crippen LogP contribution in [0.15, 0.2) is 59.5 Å². The van der Waals surface area contributed by atoms with Gasteiger partial charge in [0.15, 0.2) is 5.43 Å². The summed E-state index contributed by atoms with van der Waals surface area (Å²) in [5, 5.41) is 0. The second-order valence-corrected chi connectivity index (χ2v) is 8.48. The second kappa shape index (κ2) is 10.2. The molecular formula is C26H24F3N5O2. The lowest BCUT2D eigenvalue weighted by Gasteiger charge is -2.19. The van der Waals surface area contributed by atoms with Crippen LogP contribution >= 0.6 is 0 Å². The van der Waals surface area contributed by atoms with Gasteiger partial charge in [0.2, 0.25) is 11.8 Å². The number of nitrogens with two attached hydrogens (primary N) is 1. The zero-order chi connectivity index (χ0) is 26.0. The summed E-state index contributed by atoms with van der Waals surface area (Å²) in [6.45, 7) is 5.46. The third-order valence-corrected chi connectivity index (χ3v) is 5.45. The fourth-order valence-corrected chi connectivity index (χ4v) is 3.89. The van der Waals surface area contributed by atoms with Gasteiger partial charge in [0, 0.05) is 35.6 Å². The van der Waals surface area contributed by atoms with Gasteiger partial charge in [0.1, 0.15) is 18.1 Å². The molecule has 3 aromatic heterocycles. The molecule has 0 fully saturated rings. The van der Waals surface area contributed by atoms with Crippen molar-refractivity contribution in [1.29, 1.82) is 0 Å². The SMILES string of the molecule is Cc1cc(-c2c(OCc3cc(=O)ccn3C(C)C)nc(N)nc2-c2ccc(F)cc2)cc(C(F)F)n1. The fraction of sp³-hybridized carbons (Fsp3) is 0.231. The number of nitrogen functional groups attached to an aromatic ring is 1. The Hall–Kier alpha value is -4.21. The molecule has 0 spiro atoms. The van der Waals surface area contributed by atoms with Gasteiger partial charge in [-0.15, -0.1) is 0 Å². The molecule has 0 saturated carbocycles. The number of aromatic nitrogens is 4. The van der Waals surface area contributed by atoms with Crippen molar-refractivity contribution in [3.63, 3.8) is 0 Å². The van der Waals surface area contributed by atoms with Crippen molar-refractivity contribution >= 4 is 5.95 Å². The van der Waals surface area contributed by atoms with Crippen LogP contribution < -0.4 is 15.9 Å². The lowest BCUT2D eigenvalue weighted by Crippen LogP contribution is -2.16. The van der Waals surface area contributed by atoms with Crippen LogP contribution in [0.5, 0.6) is 5.88 Å². The van der Waals surface area contributed by atoms with Gasteiger partial charge in [-0.3, -0.25) is 9.78 Å². The van der Waals surface area contributed by atoms with E-state index in [4.69, 9.17) is 10.5 Å². The molecule has 7 nitrogen and oxygen atoms in total. The maximum absolute atomic E-state index is 13.6. The number of ether oxygens (including phenoxy) is 1. The summed E-state index contributed by atoms with van der Waals surface area (Å²) >= 11 is 0. The molecule has 0 bridgehead atoms. The largest absolute Gasteiger partial charge is 0.471 e. The van der Waals surface area contributed by atoms with Gasteiger partial charge in [0.05, 0.1) is 17.0 Å². The molecule has 2 N–H and O–H groups in total. The Bertz CT molecular complexity index is 1450. The molecule has 0 radical (unpaired) electrons. The number of anilines is 1. The Morgan fingerprint density at radius 1 is 1.00 bits per heavy atom. The van der Waals surface area contributed by atoms with E-state index in [1.165, 1.54) is 42.5 Å². The van der Waals surface area contributed by atoms with Crippen LogP contribution in [-0.2, 0) is 6.61 Å². The number of alkyl halides is 2. The van der Waals surface area contributed by atoms with Crippen LogP contribution in [0.1, 0.15) is 43.4 Å². The minimum absolute atomic E-state index is 0.0271. The lowest BCUT2D eigenvalue weighted by atomic mass is 9.99. The van der Waals surface area contributed by atoms with Crippen LogP contribution in [0, 0.1) is 12.7 Å². The monoisotopic (exact) mass is 495 g/mol. The van der Waals surface area contributed by atoms with Gasteiger partial charge in [-0.05, 0) is 62.7 Å². The lowest BCUT2D eigenvalue weighted by molar-refractivity contribution is 0.146. The molecule has 4 rings (SSSR count). The number of pyridine rings is 2. The zero-order valence-corrected chi connectivity index (χ0v) is 19.9. The highest BCUT2D eigenvalue weighted by Gasteiger charge is 2.22. The molecule has 0 aliphatic heterocycles. The molecule has 0 atom stereocenters. The molecule has 186 valence electrons. The Kier molecular flexibility index (Phi) is 7.05. The summed E-state index contributed by atoms with van der Waals surface area (Å²) in [5.74, 6) is -0.546. The highest BCUT2D eigenvalue weighted by molar-refractivity contribution is 5.85. The number of hydrogen-bond acceptors (Lipinski definition) is 6. The van der Waals surface area contributed by atoms with Crippen molar-refractivity contribution in [3.8, 4) is 28.3 Å². The Morgan fingerprint density at radius 2 is 1.72 bits per heavy atom. The summed E-state index contributed by atoms with van der Waals surface area (Å²) in [5.41, 5.74) is 7.70. The summed E-state index contributed by atoms with van der Waals surface area (Å²) < 4.78 is 48.7. The number of halogens is 3. The maximum Gasteiger partial charge on any atom is 0.280 e. The van der Waals surface area contributed by atoms with Gasteiger partial charge < -0.3 is 15.0 Å². The van der Waals surface area contributed by atoms with E-state index in [-0.39, 0.29) is 41.2 Å². The van der Waals surface area contributed by atoms with Gasteiger partial charge in [-0.25, -0.2) is 18.2 Å². The third-order valence-electron chi connectivity index (χ3n) is 5.45. The van der Waals surface area contributed by atoms with Crippen molar-refractivity contribution in [1.82, 2.24) is 19.5 Å². The molecule has 4 aromatic rings. The van der Waals surface area contributed by atoms with Crippen molar-refractivity contribution in [2.75, 3.05) is 5.73 Å². The number of hydrogen-bond donors (Lipinski definition) is 1. The van der Waals surface area contributed by atoms with Crippen molar-refractivity contribution < 1.29 is 17.9 Å². The molecule has 3 heterocycles. The van der Waals surface area contributed by atoms with Crippen LogP contribution in [0.2, 0.25) is 0 Å². The standard InChI is InChI=1S/C26H24F3N5O2/c1-14(2)34-9-8-20(35)12-19(34)13-36-25-22(17-10-15(3)31-21(11-17)24(28)29)23(32-26(30)33-25)16-4-6-18(27)7-5-16/h4-12,14,24H,13H2,1-3H3,(H2,30,32,33). The number of rotatable bonds is 7. The zero-order valence-electron chi connectivity index (χ0n) is 19.9. The first-order valence-electron chi connectivity index (χ1n) is 11.2. The smallest absolute Gasteiger partial charge is 0.280 e. The van der Waals surface area contributed by atoms with E-state index in [0.717, 1.165) is 0 Å². The molecule has 36 heavy (non-hydrogen) atoms. The van der Waals surface area contributed by atoms with Crippen LogP contribution in [0.4, 0.5) is 19.1 Å². The second-order valence-electron chi connectivity index (χ2n) is 8.48. The summed E-state index contributed by atoms with van der Waals surface area (Å²) in [7, 11) is 0. The Morgan fingerprint density at radius 3 is 2.39 bits per heavy atom. The predicted octanol–water partition coefficient (Wildman–Crippen LogP) is 5.49. The van der Waals surface area contributed by atoms with Crippen molar-refractivity contribution in [2.45, 2.75) is 39.8 Å². The molecule has 0 aliphatic carbocycles. The highest BCUT2D eigenvalue weighted by atomic mass is 19.3. The Labute approximate surface area is 205 Å². The third kappa shape index (κ3) is 5.37. The van der Waals surface area contributed by atoms with Crippen molar-refractivity contribution in [2.24, 2.45) is 0 Å². The topological polar surface area (TPSA) is 95.9 Å². The van der Waals surface area contributed by atoms with Gasteiger partial charge in [0.25, 0.3) is 6.43 Å². The predicted molar refractivity (Wildman–Crippen MR) is 130 cm³/mol. The highest BCUT2D eigenvalue weighted by Crippen LogP contribution is 2.39. The van der Waals surface area contributed by atoms with E-state index < -0.39 is 17.9 Å². The quantitative estimate of drug-likeness (QED) is 0.364. The fourth-order valence-electron chi connectivity index (χ4n) is 3.89. The average molecular weight is 496 g/mol. The molecule has 0 saturated heterocycles. The first-order valence-corrected chi connectivity index (χ1v) is 11.2. The van der Waals surface area contributed by atoms with E-state index in [2.05, 4.69) is 15.0 Å². The molecule has 10 heteroatoms. The van der Waals surface area contributed by atoms with E-state index in [1.807, 2.05) is 18.4 Å². The minimum Gasteiger partial charge on any atom is -0.471 e. The van der Waals surface area contributed by atoms with E-state index in [1.54, 1.807) is 19.2 Å². The summed E-state index contributed by atoms with van der Waals surface area (Å²) in [6, 6.07) is 11.3. The Balaban J connectivity index is 1.90. The van der Waals surface area contributed by atoms with Gasteiger partial charge >= 0.3 is 0 Å². The molecular weight excluding hydrogens is 471 g/mol. The number of nitrogens with zero attached hydrogens (tertiary/aromatic N) is 4. The number of aryl methyl sites for hydroxylation is 1. The van der Waals surface area contributed by atoms with Gasteiger partial charge in [-0.2, -0.15) is 4.98 Å². The molecule has 0 unspecified atom stereocenters. The molecule has 1 aromatic carbocycles. The van der Waals surface area contributed by atoms with Gasteiger partial charge in [-0.1, -0.05) is 0 Å². The van der Waals surface area contributed by atoms with Crippen LogP contribution in [0.3, 0.4) is 0 Å². The minimum atomic E-state index is -2.80. The van der Waals surface area contributed by atoms with Crippen molar-refractivity contribution in [3.05, 3.63) is 87.9 Å². The van der Waals surface area contributed by atoms with E-state index in [0.29, 0.717) is 22.5 Å². The first kappa shape index (κ1) is 24.9. The first-order chi connectivity index (χ1) is 17.1.